The molecule has 0 spiro atoms. The zero-order valence-corrected chi connectivity index (χ0v) is 24.0. The van der Waals surface area contributed by atoms with Gasteiger partial charge in [0.1, 0.15) is 17.7 Å². The van der Waals surface area contributed by atoms with E-state index in [0.29, 0.717) is 53.8 Å². The van der Waals surface area contributed by atoms with Crippen molar-refractivity contribution in [1.82, 2.24) is 10.9 Å². The first kappa shape index (κ1) is 30.9. The summed E-state index contributed by atoms with van der Waals surface area (Å²) in [4.78, 5) is 21.5. The van der Waals surface area contributed by atoms with Crippen molar-refractivity contribution in [3.63, 3.8) is 0 Å². The highest BCUT2D eigenvalue weighted by Gasteiger charge is 2.50. The molecule has 42 heavy (non-hydrogen) atoms. The Morgan fingerprint density at radius 2 is 1.95 bits per heavy atom. The number of ether oxygens (including phenoxy) is 2. The molecular weight excluding hydrogens is 559 g/mol. The number of nitrogens with one attached hydrogen (secondary N) is 2. The maximum Gasteiger partial charge on any atom is 0.266 e. The molecule has 0 aromatic heterocycles. The summed E-state index contributed by atoms with van der Waals surface area (Å²) in [6.07, 6.45) is 0.0364. The lowest BCUT2D eigenvalue weighted by molar-refractivity contribution is -0.129. The van der Waals surface area contributed by atoms with Crippen molar-refractivity contribution >= 4 is 29.3 Å². The van der Waals surface area contributed by atoms with E-state index in [2.05, 4.69) is 20.9 Å². The first-order valence-corrected chi connectivity index (χ1v) is 14.7. The third-order valence-corrected chi connectivity index (χ3v) is 7.72. The smallest absolute Gasteiger partial charge is 0.266 e. The van der Waals surface area contributed by atoms with Gasteiger partial charge in [-0.25, -0.2) is 14.8 Å². The summed E-state index contributed by atoms with van der Waals surface area (Å²) in [5, 5.41) is 12.8. The van der Waals surface area contributed by atoms with Crippen LogP contribution in [0.2, 0.25) is 0 Å². The summed E-state index contributed by atoms with van der Waals surface area (Å²) < 4.78 is 24.9. The SMILES string of the molecule is C[C@@H]1OC(c2ccc(OCCCO)cc2)=N[C@]1(Cc1ccccc1N=[N+]=[N-])C(=O)NNCCSCc1ccc(F)cc1. The minimum absolute atomic E-state index is 0.0528. The van der Waals surface area contributed by atoms with Gasteiger partial charge < -0.3 is 14.6 Å². The highest BCUT2D eigenvalue weighted by atomic mass is 32.2. The molecule has 3 N–H and O–H groups in total. The number of halogens is 1. The van der Waals surface area contributed by atoms with Gasteiger partial charge in [-0.3, -0.25) is 10.2 Å². The molecule has 10 nitrogen and oxygen atoms in total. The number of thioether (sulfide) groups is 1. The number of amides is 1. The average Bonchev–Trinajstić information content (AvgIpc) is 3.34. The molecule has 1 aliphatic rings. The van der Waals surface area contributed by atoms with E-state index in [1.165, 1.54) is 12.1 Å². The Kier molecular flexibility index (Phi) is 11.2. The van der Waals surface area contributed by atoms with Crippen molar-refractivity contribution in [2.75, 3.05) is 25.5 Å². The molecule has 0 saturated heterocycles. The van der Waals surface area contributed by atoms with Crippen LogP contribution in [0.5, 0.6) is 5.75 Å². The van der Waals surface area contributed by atoms with E-state index in [-0.39, 0.29) is 24.8 Å². The van der Waals surface area contributed by atoms with Gasteiger partial charge in [0, 0.05) is 53.7 Å². The highest BCUT2D eigenvalue weighted by Crippen LogP contribution is 2.35. The van der Waals surface area contributed by atoms with E-state index in [4.69, 9.17) is 25.1 Å². The molecule has 0 radical (unpaired) electrons. The summed E-state index contributed by atoms with van der Waals surface area (Å²) in [7, 11) is 0. The van der Waals surface area contributed by atoms with Crippen molar-refractivity contribution in [1.29, 1.82) is 0 Å². The fourth-order valence-electron chi connectivity index (χ4n) is 4.38. The number of carbonyl (C=O) groups is 1. The molecule has 3 aromatic carbocycles. The van der Waals surface area contributed by atoms with Crippen molar-refractivity contribution in [3.05, 3.63) is 106 Å². The second-order valence-electron chi connectivity index (χ2n) is 9.61. The zero-order chi connectivity index (χ0) is 29.8. The summed E-state index contributed by atoms with van der Waals surface area (Å²) in [6.45, 7) is 2.73. The van der Waals surface area contributed by atoms with Crippen molar-refractivity contribution in [2.24, 2.45) is 10.1 Å². The van der Waals surface area contributed by atoms with Crippen LogP contribution in [0.15, 0.2) is 82.9 Å². The number of hydrogen-bond donors (Lipinski definition) is 3. The van der Waals surface area contributed by atoms with E-state index in [9.17, 15) is 9.18 Å². The van der Waals surface area contributed by atoms with Gasteiger partial charge in [-0.15, -0.1) is 0 Å². The maximum absolute atomic E-state index is 13.8. The zero-order valence-electron chi connectivity index (χ0n) is 23.2. The summed E-state index contributed by atoms with van der Waals surface area (Å²) >= 11 is 1.65. The predicted octanol–water partition coefficient (Wildman–Crippen LogP) is 5.23. The number of carbonyl (C=O) groups excluding carboxylic acids is 1. The normalized spacial score (nSPS) is 17.6. The number of benzene rings is 3. The van der Waals surface area contributed by atoms with Gasteiger partial charge in [-0.2, -0.15) is 11.8 Å². The standard InChI is InChI=1S/C30H33FN6O4S/c1-21-30(19-24-5-2-3-6-27(24)35-37-32,29(39)36-33-15-18-42-20-22-7-11-25(31)12-8-22)34-28(41-21)23-9-13-26(14-10-23)40-17-4-16-38/h2-3,5-14,21,33,38H,4,15-20H2,1H3,(H,36,39)/t21-,30-/m0/s1. The lowest BCUT2D eigenvalue weighted by atomic mass is 9.85. The molecule has 2 atom stereocenters. The molecule has 1 amide bonds. The van der Waals surface area contributed by atoms with Gasteiger partial charge in [0.2, 0.25) is 5.90 Å². The summed E-state index contributed by atoms with van der Waals surface area (Å²) in [6, 6.07) is 20.6. The van der Waals surface area contributed by atoms with E-state index in [1.807, 2.05) is 6.07 Å². The minimum atomic E-state index is -1.35. The Morgan fingerprint density at radius 1 is 1.19 bits per heavy atom. The molecule has 0 unspecified atom stereocenters. The average molecular weight is 593 g/mol. The fraction of sp³-hybridized carbons (Fsp3) is 0.333. The summed E-state index contributed by atoms with van der Waals surface area (Å²) in [5.41, 5.74) is 16.3. The number of aliphatic hydroxyl groups is 1. The molecule has 12 heteroatoms. The Hall–Kier alpha value is -4.09. The van der Waals surface area contributed by atoms with Crippen molar-refractivity contribution < 1.29 is 23.8 Å². The lowest BCUT2D eigenvalue weighted by Crippen LogP contribution is -2.56. The second-order valence-corrected chi connectivity index (χ2v) is 10.7. The van der Waals surface area contributed by atoms with E-state index in [1.54, 1.807) is 73.3 Å². The number of nitrogens with zero attached hydrogens (tertiary/aromatic N) is 4. The predicted molar refractivity (Wildman–Crippen MR) is 161 cm³/mol. The quantitative estimate of drug-likeness (QED) is 0.0726. The number of hydrogen-bond acceptors (Lipinski definition) is 8. The van der Waals surface area contributed by atoms with Crippen LogP contribution in [0.4, 0.5) is 10.1 Å². The molecule has 0 fully saturated rings. The first-order chi connectivity index (χ1) is 20.4. The molecule has 0 aliphatic carbocycles. The fourth-order valence-corrected chi connectivity index (χ4v) is 5.20. The monoisotopic (exact) mass is 592 g/mol. The third kappa shape index (κ3) is 8.01. The van der Waals surface area contributed by atoms with Crippen molar-refractivity contribution in [2.45, 2.75) is 37.2 Å². The van der Waals surface area contributed by atoms with Gasteiger partial charge in [0.25, 0.3) is 5.91 Å². The van der Waals surface area contributed by atoms with Crippen LogP contribution in [-0.2, 0) is 21.7 Å². The Bertz CT molecular complexity index is 1420. The second kappa shape index (κ2) is 15.2. The van der Waals surface area contributed by atoms with Crippen LogP contribution >= 0.6 is 11.8 Å². The van der Waals surface area contributed by atoms with E-state index in [0.717, 1.165) is 11.3 Å². The number of aliphatic hydroxyl groups excluding tert-OH is 1. The Morgan fingerprint density at radius 3 is 2.69 bits per heavy atom. The maximum atomic E-state index is 13.8. The van der Waals surface area contributed by atoms with Crippen LogP contribution in [0.1, 0.15) is 30.0 Å². The Balaban J connectivity index is 1.48. The molecule has 220 valence electrons. The van der Waals surface area contributed by atoms with Gasteiger partial charge in [-0.1, -0.05) is 41.5 Å². The van der Waals surface area contributed by atoms with Crippen LogP contribution in [-0.4, -0.2) is 54.1 Å². The first-order valence-electron chi connectivity index (χ1n) is 13.5. The molecule has 1 heterocycles. The number of rotatable bonds is 15. The van der Waals surface area contributed by atoms with E-state index >= 15 is 0 Å². The van der Waals surface area contributed by atoms with Crippen LogP contribution in [0.25, 0.3) is 10.4 Å². The van der Waals surface area contributed by atoms with Crippen LogP contribution < -0.4 is 15.6 Å². The van der Waals surface area contributed by atoms with Gasteiger partial charge in [-0.05, 0) is 60.0 Å². The molecule has 0 bridgehead atoms. The number of hydrazine groups is 1. The molecular formula is C30H33FN6O4S. The van der Waals surface area contributed by atoms with Gasteiger partial charge >= 0.3 is 0 Å². The van der Waals surface area contributed by atoms with Crippen molar-refractivity contribution in [3.8, 4) is 5.75 Å². The third-order valence-electron chi connectivity index (χ3n) is 6.69. The Labute approximate surface area is 247 Å². The molecule has 0 saturated carbocycles. The number of aliphatic imine (C=N–C) groups is 1. The molecule has 3 aromatic rings. The summed E-state index contributed by atoms with van der Waals surface area (Å²) in [5.74, 6) is 1.74. The topological polar surface area (TPSA) is 141 Å². The highest BCUT2D eigenvalue weighted by molar-refractivity contribution is 7.98. The van der Waals surface area contributed by atoms with Crippen LogP contribution in [0.3, 0.4) is 0 Å². The lowest BCUT2D eigenvalue weighted by Gasteiger charge is -2.28. The van der Waals surface area contributed by atoms with E-state index < -0.39 is 11.6 Å². The van der Waals surface area contributed by atoms with Gasteiger partial charge in [0.15, 0.2) is 5.54 Å². The van der Waals surface area contributed by atoms with Crippen LogP contribution in [0, 0.1) is 5.82 Å². The molecule has 4 rings (SSSR count). The largest absolute Gasteiger partial charge is 0.494 e. The molecule has 1 aliphatic heterocycles. The van der Waals surface area contributed by atoms with Gasteiger partial charge in [0.05, 0.1) is 6.61 Å². The number of azide groups is 1. The minimum Gasteiger partial charge on any atom is -0.494 e.